The summed E-state index contributed by atoms with van der Waals surface area (Å²) in [7, 11) is -8.18. The van der Waals surface area contributed by atoms with Gasteiger partial charge in [0, 0.05) is 91.3 Å². The van der Waals surface area contributed by atoms with Gasteiger partial charge in [-0.1, -0.05) is 0 Å². The molecule has 0 aromatic heterocycles. The molecule has 0 aliphatic rings. The summed E-state index contributed by atoms with van der Waals surface area (Å²) in [6, 6.07) is -0.152. The van der Waals surface area contributed by atoms with Crippen molar-refractivity contribution in [1.82, 2.24) is 26.2 Å². The van der Waals surface area contributed by atoms with Crippen LogP contribution >= 0.6 is 0 Å². The highest BCUT2D eigenvalue weighted by atomic mass is 32.2. The Morgan fingerprint density at radius 3 is 1.67 bits per heavy atom. The van der Waals surface area contributed by atoms with E-state index in [2.05, 4.69) is 21.3 Å². The van der Waals surface area contributed by atoms with E-state index in [1.54, 1.807) is 0 Å². The molecule has 19 heteroatoms. The summed E-state index contributed by atoms with van der Waals surface area (Å²) in [5, 5.41) is 43.9. The standard InChI is InChI=1S/C27H63N5O12SSi/c1-27(2,3)44-23-24(33)18-31-11-10-29-7-6-28-8-9-30-12-13-32(19-25(34)21-42-14-4-16-45(36,37)38)20-26(35)22-43-15-5-17-46(39,40)41/h24-26,28-31,33-35,39-41H,4-23H2,1-3H3,(H,36,37,38). The Bertz CT molecular complexity index is 824. The van der Waals surface area contributed by atoms with Gasteiger partial charge in [0.05, 0.1) is 49.5 Å². The van der Waals surface area contributed by atoms with E-state index in [-0.39, 0.29) is 64.0 Å². The van der Waals surface area contributed by atoms with Gasteiger partial charge < -0.3 is 65.2 Å². The third-order valence-corrected chi connectivity index (χ3v) is 8.01. The molecule has 0 aromatic rings. The highest BCUT2D eigenvalue weighted by molar-refractivity contribution is 7.85. The summed E-state index contributed by atoms with van der Waals surface area (Å²) in [6.45, 7) is 12.8. The van der Waals surface area contributed by atoms with E-state index in [4.69, 9.17) is 33.2 Å². The SMILES string of the molecule is CC(C)(C)OCC(O)CNCCNCCNCCNCCN(CC(O)COCCC[Si](O)(O)O)CC(O)COCCCS(=O)(=O)O. The van der Waals surface area contributed by atoms with Crippen LogP contribution in [0, 0.1) is 0 Å². The molecular formula is C27H63N5O12SSi. The molecule has 0 radical (unpaired) electrons. The molecule has 0 spiro atoms. The number of nitrogens with zero attached hydrogens (tertiary/aromatic N) is 1. The Labute approximate surface area is 276 Å². The fraction of sp³-hybridized carbons (Fsp3) is 1.00. The first-order chi connectivity index (χ1) is 21.5. The first-order valence-electron chi connectivity index (χ1n) is 16.0. The quantitative estimate of drug-likeness (QED) is 0.0182. The van der Waals surface area contributed by atoms with Gasteiger partial charge in [-0.3, -0.25) is 9.45 Å². The van der Waals surface area contributed by atoms with Gasteiger partial charge >= 0.3 is 8.80 Å². The van der Waals surface area contributed by atoms with Crippen LogP contribution in [0.25, 0.3) is 0 Å². The molecule has 0 amide bonds. The molecule has 0 aliphatic carbocycles. The predicted octanol–water partition coefficient (Wildman–Crippen LogP) is -3.84. The van der Waals surface area contributed by atoms with E-state index in [0.717, 1.165) is 32.7 Å². The van der Waals surface area contributed by atoms with Crippen LogP contribution in [0.4, 0.5) is 0 Å². The van der Waals surface area contributed by atoms with E-state index in [9.17, 15) is 23.7 Å². The van der Waals surface area contributed by atoms with Crippen molar-refractivity contribution >= 4 is 18.9 Å². The molecular weight excluding hydrogens is 646 g/mol. The summed E-state index contributed by atoms with van der Waals surface area (Å²) in [4.78, 5) is 29.0. The largest absolute Gasteiger partial charge is 0.492 e. The van der Waals surface area contributed by atoms with Gasteiger partial charge in [-0.2, -0.15) is 8.42 Å². The van der Waals surface area contributed by atoms with Crippen molar-refractivity contribution in [2.75, 3.05) is 111 Å². The summed E-state index contributed by atoms with van der Waals surface area (Å²) in [5.74, 6) is -0.422. The maximum Gasteiger partial charge on any atom is 0.492 e. The molecule has 0 heterocycles. The fourth-order valence-corrected chi connectivity index (χ4v) is 5.07. The second kappa shape index (κ2) is 26.4. The minimum atomic E-state index is -4.11. The molecule has 278 valence electrons. The molecule has 0 aromatic carbocycles. The van der Waals surface area contributed by atoms with E-state index in [1.807, 2.05) is 25.7 Å². The van der Waals surface area contributed by atoms with Gasteiger partial charge in [0.2, 0.25) is 0 Å². The topological polar surface area (TPSA) is 255 Å². The Hall–Kier alpha value is -0.433. The molecule has 0 bridgehead atoms. The van der Waals surface area contributed by atoms with Crippen LogP contribution in [0.5, 0.6) is 0 Å². The van der Waals surface area contributed by atoms with Crippen LogP contribution < -0.4 is 21.3 Å². The van der Waals surface area contributed by atoms with Crippen molar-refractivity contribution in [1.29, 1.82) is 0 Å². The van der Waals surface area contributed by atoms with E-state index in [0.29, 0.717) is 32.8 Å². The molecule has 0 aliphatic heterocycles. The van der Waals surface area contributed by atoms with E-state index < -0.39 is 43.0 Å². The Morgan fingerprint density at radius 2 is 1.20 bits per heavy atom. The average molecular weight is 710 g/mol. The first-order valence-corrected chi connectivity index (χ1v) is 19.6. The number of ether oxygens (including phenoxy) is 3. The van der Waals surface area contributed by atoms with Crippen LogP contribution in [0.15, 0.2) is 0 Å². The van der Waals surface area contributed by atoms with Crippen LogP contribution in [0.1, 0.15) is 33.6 Å². The maximum atomic E-state index is 10.8. The van der Waals surface area contributed by atoms with Gasteiger partial charge in [0.1, 0.15) is 0 Å². The van der Waals surface area contributed by atoms with Crippen molar-refractivity contribution in [3.8, 4) is 0 Å². The lowest BCUT2D eigenvalue weighted by molar-refractivity contribution is -0.0477. The fourth-order valence-electron chi connectivity index (χ4n) is 3.97. The Kier molecular flexibility index (Phi) is 26.2. The lowest BCUT2D eigenvalue weighted by atomic mass is 10.2. The van der Waals surface area contributed by atoms with Gasteiger partial charge in [0.15, 0.2) is 0 Å². The van der Waals surface area contributed by atoms with E-state index in [1.165, 1.54) is 0 Å². The second-order valence-electron chi connectivity index (χ2n) is 12.3. The number of aliphatic hydroxyl groups excluding tert-OH is 3. The van der Waals surface area contributed by atoms with Gasteiger partial charge in [-0.25, -0.2) is 0 Å². The number of aliphatic hydroxyl groups is 3. The summed E-state index contributed by atoms with van der Waals surface area (Å²) >= 11 is 0. The minimum Gasteiger partial charge on any atom is -0.390 e. The van der Waals surface area contributed by atoms with Crippen LogP contribution in [-0.2, 0) is 24.3 Å². The van der Waals surface area contributed by atoms with Gasteiger partial charge in [-0.05, 0) is 33.6 Å². The normalized spacial score (nSPS) is 15.0. The van der Waals surface area contributed by atoms with E-state index >= 15 is 0 Å². The van der Waals surface area contributed by atoms with Gasteiger partial charge in [0.25, 0.3) is 10.1 Å². The molecule has 0 saturated carbocycles. The molecule has 17 nitrogen and oxygen atoms in total. The van der Waals surface area contributed by atoms with Crippen LogP contribution in [-0.4, -0.2) is 191 Å². The number of hydrogen-bond acceptors (Lipinski definition) is 16. The number of hydrogen-bond donors (Lipinski definition) is 11. The molecule has 0 fully saturated rings. The van der Waals surface area contributed by atoms with Crippen LogP contribution in [0.3, 0.4) is 0 Å². The third-order valence-electron chi connectivity index (χ3n) is 6.18. The lowest BCUT2D eigenvalue weighted by Gasteiger charge is -2.27. The molecule has 3 unspecified atom stereocenters. The molecule has 46 heavy (non-hydrogen) atoms. The number of rotatable bonds is 32. The first kappa shape index (κ1) is 45.6. The van der Waals surface area contributed by atoms with Crippen molar-refractivity contribution < 1.29 is 56.9 Å². The number of nitrogens with one attached hydrogen (secondary N) is 4. The molecule has 11 N–H and O–H groups in total. The zero-order valence-electron chi connectivity index (χ0n) is 27.9. The zero-order chi connectivity index (χ0) is 34.9. The minimum absolute atomic E-state index is 0.00855. The summed E-state index contributed by atoms with van der Waals surface area (Å²) < 4.78 is 46.6. The lowest BCUT2D eigenvalue weighted by Crippen LogP contribution is -2.44. The molecule has 0 saturated heterocycles. The monoisotopic (exact) mass is 709 g/mol. The van der Waals surface area contributed by atoms with Crippen molar-refractivity contribution in [3.05, 3.63) is 0 Å². The molecule has 3 atom stereocenters. The Morgan fingerprint density at radius 1 is 0.717 bits per heavy atom. The average Bonchev–Trinajstić information content (AvgIpc) is 2.92. The third kappa shape index (κ3) is 34.9. The second-order valence-corrected chi connectivity index (χ2v) is 15.9. The smallest absolute Gasteiger partial charge is 0.390 e. The van der Waals surface area contributed by atoms with Crippen molar-refractivity contribution in [2.24, 2.45) is 0 Å². The predicted molar refractivity (Wildman–Crippen MR) is 176 cm³/mol. The Balaban J connectivity index is 4.19. The summed E-state index contributed by atoms with van der Waals surface area (Å²) in [5.41, 5.74) is -0.270. The maximum absolute atomic E-state index is 10.8. The summed E-state index contributed by atoms with van der Waals surface area (Å²) in [6.07, 6.45) is -1.98. The van der Waals surface area contributed by atoms with Crippen LogP contribution in [0.2, 0.25) is 6.04 Å². The van der Waals surface area contributed by atoms with Crippen molar-refractivity contribution in [3.63, 3.8) is 0 Å². The highest BCUT2D eigenvalue weighted by Gasteiger charge is 2.25. The highest BCUT2D eigenvalue weighted by Crippen LogP contribution is 2.07. The zero-order valence-corrected chi connectivity index (χ0v) is 29.7. The molecule has 0 rings (SSSR count). The van der Waals surface area contributed by atoms with Crippen molar-refractivity contribution in [2.45, 2.75) is 63.6 Å². The van der Waals surface area contributed by atoms with Gasteiger partial charge in [-0.15, -0.1) is 0 Å².